The van der Waals surface area contributed by atoms with Gasteiger partial charge in [0.15, 0.2) is 0 Å². The minimum Gasteiger partial charge on any atom is -0.472 e. The number of pyridine rings is 1. The molecule has 17 heteroatoms. The molecule has 3 N–H and O–H groups in total. The Balaban J connectivity index is 1.51. The number of carbonyl (C=O) groups is 4. The molecule has 2 aliphatic carbocycles. The largest absolute Gasteiger partial charge is 0.472 e. The van der Waals surface area contributed by atoms with E-state index in [1.165, 1.54) is 6.92 Å². The number of sulfonamides is 1. The van der Waals surface area contributed by atoms with Gasteiger partial charge in [-0.15, -0.1) is 0 Å². The Labute approximate surface area is 301 Å². The van der Waals surface area contributed by atoms with Crippen molar-refractivity contribution in [2.75, 3.05) is 6.54 Å². The minimum absolute atomic E-state index is 0.0624. The molecular formula is C35H48F3N5O8S. The van der Waals surface area contributed by atoms with E-state index in [0.717, 1.165) is 23.2 Å². The first-order valence-corrected chi connectivity index (χ1v) is 19.1. The predicted molar refractivity (Wildman–Crippen MR) is 182 cm³/mol. The van der Waals surface area contributed by atoms with Crippen molar-refractivity contribution in [3.63, 3.8) is 0 Å². The van der Waals surface area contributed by atoms with E-state index < -0.39 is 97.4 Å². The van der Waals surface area contributed by atoms with Crippen LogP contribution in [0.4, 0.5) is 18.0 Å². The van der Waals surface area contributed by atoms with Gasteiger partial charge in [-0.25, -0.2) is 18.2 Å². The van der Waals surface area contributed by atoms with Crippen molar-refractivity contribution in [2.45, 2.75) is 127 Å². The Kier molecular flexibility index (Phi) is 10.7. The third-order valence-corrected chi connectivity index (χ3v) is 12.4. The number of hydrogen-bond acceptors (Lipinski definition) is 9. The molecule has 288 valence electrons. The highest BCUT2D eigenvalue weighted by Crippen LogP contribution is 2.47. The number of alkyl halides is 3. The lowest BCUT2D eigenvalue weighted by Gasteiger charge is -2.33. The van der Waals surface area contributed by atoms with Crippen LogP contribution in [-0.4, -0.2) is 82.7 Å². The predicted octanol–water partition coefficient (Wildman–Crippen LogP) is 4.23. The maximum Gasteiger partial charge on any atom is 0.421 e. The average Bonchev–Trinajstić information content (AvgIpc) is 3.90. The van der Waals surface area contributed by atoms with Crippen LogP contribution < -0.4 is 20.1 Å². The Morgan fingerprint density at radius 1 is 1.12 bits per heavy atom. The molecule has 2 aliphatic heterocycles. The van der Waals surface area contributed by atoms with Gasteiger partial charge in [0, 0.05) is 18.5 Å². The van der Waals surface area contributed by atoms with Gasteiger partial charge in [0.05, 0.1) is 11.3 Å². The highest BCUT2D eigenvalue weighted by Gasteiger charge is 2.63. The fourth-order valence-corrected chi connectivity index (χ4v) is 8.20. The average molecular weight is 756 g/mol. The summed E-state index contributed by atoms with van der Waals surface area (Å²) in [6.07, 6.45) is 0.277. The van der Waals surface area contributed by atoms with Crippen LogP contribution in [0.1, 0.15) is 92.1 Å². The number of alkyl carbamates (subject to hydrolysis) is 1. The van der Waals surface area contributed by atoms with Crippen molar-refractivity contribution >= 4 is 33.8 Å². The monoisotopic (exact) mass is 755 g/mol. The van der Waals surface area contributed by atoms with Gasteiger partial charge in [-0.05, 0) is 90.2 Å². The number of nitrogens with zero attached hydrogens (tertiary/aromatic N) is 2. The van der Waals surface area contributed by atoms with E-state index in [9.17, 15) is 40.8 Å². The van der Waals surface area contributed by atoms with Crippen LogP contribution in [0, 0.1) is 17.8 Å². The Bertz CT molecular complexity index is 1710. The van der Waals surface area contributed by atoms with E-state index in [1.54, 1.807) is 33.8 Å². The third-order valence-electron chi connectivity index (χ3n) is 10.3. The number of fused-ring (bicyclic) bond motifs is 2. The van der Waals surface area contributed by atoms with Gasteiger partial charge in [-0.3, -0.25) is 19.1 Å². The highest BCUT2D eigenvalue weighted by atomic mass is 32.2. The fourth-order valence-electron chi connectivity index (χ4n) is 6.89. The van der Waals surface area contributed by atoms with Gasteiger partial charge in [0.1, 0.15) is 34.9 Å². The first-order valence-electron chi connectivity index (χ1n) is 17.6. The minimum atomic E-state index is -4.81. The molecule has 1 saturated heterocycles. The number of amides is 4. The SMILES string of the molecule is C[C@@H]1CC/C=C\[C@@H]2C[C@@]2(C(=O)NS(=O)(=O)C2(C)CC2)NC(=O)[C@@H]2C[C@@H](Oc3ncccc3C(F)(F)F)CN2C(=O)[C@@H](NC(=O)OC(C)(C)C)[C@H](C)C1. The number of aromatic nitrogens is 1. The molecule has 0 aromatic carbocycles. The van der Waals surface area contributed by atoms with Gasteiger partial charge in [-0.1, -0.05) is 26.0 Å². The van der Waals surface area contributed by atoms with Gasteiger partial charge in [0.2, 0.25) is 27.7 Å². The van der Waals surface area contributed by atoms with Gasteiger partial charge in [-0.2, -0.15) is 13.2 Å². The van der Waals surface area contributed by atoms with E-state index in [-0.39, 0.29) is 25.3 Å². The van der Waals surface area contributed by atoms with E-state index in [4.69, 9.17) is 9.47 Å². The molecule has 0 radical (unpaired) electrons. The maximum absolute atomic E-state index is 14.5. The number of hydrogen-bond donors (Lipinski definition) is 3. The molecule has 3 fully saturated rings. The van der Waals surface area contributed by atoms with Crippen molar-refractivity contribution in [1.82, 2.24) is 25.2 Å². The lowest BCUT2D eigenvalue weighted by molar-refractivity contribution is -0.142. The highest BCUT2D eigenvalue weighted by molar-refractivity contribution is 7.91. The molecule has 0 spiro atoms. The summed E-state index contributed by atoms with van der Waals surface area (Å²) in [5.41, 5.74) is -3.70. The van der Waals surface area contributed by atoms with E-state index in [1.807, 2.05) is 13.0 Å². The van der Waals surface area contributed by atoms with E-state index >= 15 is 0 Å². The number of allylic oxidation sites excluding steroid dienone is 1. The van der Waals surface area contributed by atoms with Gasteiger partial charge >= 0.3 is 12.3 Å². The maximum atomic E-state index is 14.5. The van der Waals surface area contributed by atoms with Crippen molar-refractivity contribution < 1.29 is 50.2 Å². The molecule has 3 heterocycles. The Hall–Kier alpha value is -3.89. The second kappa shape index (κ2) is 14.2. The molecule has 2 saturated carbocycles. The fraction of sp³-hybridized carbons (Fsp3) is 0.686. The van der Waals surface area contributed by atoms with Gasteiger partial charge < -0.3 is 25.0 Å². The molecule has 13 nitrogen and oxygen atoms in total. The molecule has 7 atom stereocenters. The molecule has 1 aromatic rings. The first-order chi connectivity index (χ1) is 24.0. The molecule has 0 bridgehead atoms. The normalized spacial score (nSPS) is 31.4. The zero-order valence-electron chi connectivity index (χ0n) is 30.2. The molecule has 1 aromatic heterocycles. The van der Waals surface area contributed by atoms with Crippen LogP contribution in [0.25, 0.3) is 0 Å². The van der Waals surface area contributed by atoms with Crippen molar-refractivity contribution in [3.8, 4) is 5.88 Å². The summed E-state index contributed by atoms with van der Waals surface area (Å²) in [6.45, 7) is 9.93. The molecule has 52 heavy (non-hydrogen) atoms. The number of rotatable bonds is 6. The summed E-state index contributed by atoms with van der Waals surface area (Å²) in [4.78, 5) is 60.5. The van der Waals surface area contributed by atoms with E-state index in [2.05, 4.69) is 20.3 Å². The zero-order valence-corrected chi connectivity index (χ0v) is 31.0. The smallest absolute Gasteiger partial charge is 0.421 e. The number of ether oxygens (including phenoxy) is 2. The van der Waals surface area contributed by atoms with Gasteiger partial charge in [0.25, 0.3) is 5.91 Å². The van der Waals surface area contributed by atoms with Crippen LogP contribution in [0.5, 0.6) is 5.88 Å². The van der Waals surface area contributed by atoms with Crippen molar-refractivity contribution in [3.05, 3.63) is 36.0 Å². The van der Waals surface area contributed by atoms with Crippen LogP contribution in [-0.2, 0) is 35.3 Å². The van der Waals surface area contributed by atoms with Crippen LogP contribution in [0.2, 0.25) is 0 Å². The summed E-state index contributed by atoms with van der Waals surface area (Å²) in [6, 6.07) is -0.671. The molecule has 5 rings (SSSR count). The molecule has 4 amide bonds. The van der Waals surface area contributed by atoms with Crippen molar-refractivity contribution in [2.24, 2.45) is 17.8 Å². The van der Waals surface area contributed by atoms with Crippen LogP contribution in [0.15, 0.2) is 30.5 Å². The Morgan fingerprint density at radius 3 is 2.44 bits per heavy atom. The van der Waals surface area contributed by atoms with Crippen LogP contribution >= 0.6 is 0 Å². The van der Waals surface area contributed by atoms with Crippen molar-refractivity contribution in [1.29, 1.82) is 0 Å². The second-order valence-electron chi connectivity index (χ2n) is 15.9. The summed E-state index contributed by atoms with van der Waals surface area (Å²) in [5, 5.41) is 5.39. The van der Waals surface area contributed by atoms with E-state index in [0.29, 0.717) is 32.1 Å². The standard InChI is InChI=1S/C35H48F3N5O8S/c1-20-10-7-8-11-22-18-34(22,30(46)42-52(48,49)33(6)13-14-33)41-27(44)25-17-23(50-28-24(35(36,37)38)12-9-15-39-28)19-43(25)29(45)26(21(2)16-20)40-31(47)51-32(3,4)5/h8-9,11-12,15,20-23,25-26H,7,10,13-14,16-19H2,1-6H3,(H,40,47)(H,41,44)(H,42,46)/b11-8-/t20-,21-,22-,23-,25+,26+,34-/m1/s1. The van der Waals surface area contributed by atoms with Crippen LogP contribution in [0.3, 0.4) is 0 Å². The third kappa shape index (κ3) is 8.66. The molecular weight excluding hydrogens is 707 g/mol. The summed E-state index contributed by atoms with van der Waals surface area (Å²) < 4.78 is 79.9. The zero-order chi connectivity index (χ0) is 38.4. The number of nitrogens with one attached hydrogen (secondary N) is 3. The number of halogens is 3. The molecule has 4 aliphatic rings. The summed E-state index contributed by atoms with van der Waals surface area (Å²) in [5.74, 6) is -4.14. The second-order valence-corrected chi connectivity index (χ2v) is 18.1. The summed E-state index contributed by atoms with van der Waals surface area (Å²) >= 11 is 0. The molecule has 0 unspecified atom stereocenters. The Morgan fingerprint density at radius 2 is 1.81 bits per heavy atom. The lowest BCUT2D eigenvalue weighted by atomic mass is 9.88. The quantitative estimate of drug-likeness (QED) is 0.360. The topological polar surface area (TPSA) is 173 Å². The first kappa shape index (κ1) is 39.3. The summed E-state index contributed by atoms with van der Waals surface area (Å²) in [7, 11) is -4.07. The lowest BCUT2D eigenvalue weighted by Crippen LogP contribution is -2.59. The number of carbonyl (C=O) groups excluding carboxylic acids is 4.